The van der Waals surface area contributed by atoms with E-state index in [1.807, 2.05) is 26.2 Å². The first-order valence-corrected chi connectivity index (χ1v) is 5.94. The van der Waals surface area contributed by atoms with Gasteiger partial charge in [0.05, 0.1) is 6.10 Å². The summed E-state index contributed by atoms with van der Waals surface area (Å²) in [5.74, 6) is 1.08. The van der Waals surface area contributed by atoms with Crippen molar-refractivity contribution in [1.29, 1.82) is 0 Å². The van der Waals surface area contributed by atoms with E-state index in [4.69, 9.17) is 0 Å². The zero-order valence-electron chi connectivity index (χ0n) is 10.6. The van der Waals surface area contributed by atoms with Crippen molar-refractivity contribution in [3.63, 3.8) is 0 Å². The Bertz CT molecular complexity index is 296. The fourth-order valence-corrected chi connectivity index (χ4v) is 1.67. The fourth-order valence-electron chi connectivity index (χ4n) is 1.67. The van der Waals surface area contributed by atoms with E-state index in [-0.39, 0.29) is 6.10 Å². The number of rotatable bonds is 7. The molecule has 1 aromatic heterocycles. The van der Waals surface area contributed by atoms with E-state index in [0.717, 1.165) is 38.3 Å². The molecule has 1 atom stereocenters. The van der Waals surface area contributed by atoms with Crippen LogP contribution < -0.4 is 0 Å². The highest BCUT2D eigenvalue weighted by molar-refractivity contribution is 4.88. The molecule has 0 fully saturated rings. The van der Waals surface area contributed by atoms with Crippen LogP contribution in [0.4, 0.5) is 0 Å². The van der Waals surface area contributed by atoms with Gasteiger partial charge in [-0.25, -0.2) is 4.98 Å². The van der Waals surface area contributed by atoms with Crippen LogP contribution in [0.2, 0.25) is 0 Å². The minimum absolute atomic E-state index is 0.196. The summed E-state index contributed by atoms with van der Waals surface area (Å²) in [6.45, 7) is 6.90. The van der Waals surface area contributed by atoms with Gasteiger partial charge in [0.2, 0.25) is 0 Å². The van der Waals surface area contributed by atoms with Gasteiger partial charge in [-0.1, -0.05) is 0 Å². The summed E-state index contributed by atoms with van der Waals surface area (Å²) < 4.78 is 2.17. The summed E-state index contributed by atoms with van der Waals surface area (Å²) in [4.78, 5) is 6.45. The number of aliphatic hydroxyl groups excluding tert-OH is 1. The molecule has 0 amide bonds. The van der Waals surface area contributed by atoms with Gasteiger partial charge < -0.3 is 14.6 Å². The maximum atomic E-state index is 9.17. The Morgan fingerprint density at radius 3 is 2.81 bits per heavy atom. The van der Waals surface area contributed by atoms with E-state index in [9.17, 15) is 5.11 Å². The number of aryl methyl sites for hydroxylation is 2. The highest BCUT2D eigenvalue weighted by atomic mass is 16.3. The number of hydrogen-bond acceptors (Lipinski definition) is 3. The van der Waals surface area contributed by atoms with Gasteiger partial charge in [0.15, 0.2) is 0 Å². The second-order valence-corrected chi connectivity index (χ2v) is 4.46. The van der Waals surface area contributed by atoms with Crippen LogP contribution in [0.3, 0.4) is 0 Å². The lowest BCUT2D eigenvalue weighted by molar-refractivity contribution is 0.163. The number of aromatic nitrogens is 2. The average Bonchev–Trinajstić information content (AvgIpc) is 2.61. The van der Waals surface area contributed by atoms with Crippen LogP contribution in [0.15, 0.2) is 12.4 Å². The molecule has 0 aliphatic carbocycles. The number of hydrogen-bond donors (Lipinski definition) is 1. The third-order valence-electron chi connectivity index (χ3n) is 2.79. The van der Waals surface area contributed by atoms with Gasteiger partial charge in [0.25, 0.3) is 0 Å². The SMILES string of the molecule is Cc1nccn1CCCN(C)CCC(C)O. The van der Waals surface area contributed by atoms with Gasteiger partial charge in [0, 0.05) is 25.5 Å². The molecule has 0 saturated carbocycles. The fraction of sp³-hybridized carbons (Fsp3) is 0.750. The van der Waals surface area contributed by atoms with Crippen LogP contribution in [-0.2, 0) is 6.54 Å². The molecule has 0 bridgehead atoms. The summed E-state index contributed by atoms with van der Waals surface area (Å²) in [6, 6.07) is 0. The Morgan fingerprint density at radius 1 is 1.50 bits per heavy atom. The lowest BCUT2D eigenvalue weighted by Crippen LogP contribution is -2.24. The van der Waals surface area contributed by atoms with E-state index in [1.54, 1.807) is 0 Å². The molecule has 1 aromatic rings. The minimum Gasteiger partial charge on any atom is -0.393 e. The van der Waals surface area contributed by atoms with Crippen LogP contribution in [0.1, 0.15) is 25.6 Å². The van der Waals surface area contributed by atoms with Crippen LogP contribution in [-0.4, -0.2) is 45.8 Å². The lowest BCUT2D eigenvalue weighted by Gasteiger charge is -2.17. The Morgan fingerprint density at radius 2 is 2.25 bits per heavy atom. The van der Waals surface area contributed by atoms with Crippen molar-refractivity contribution in [2.45, 2.75) is 39.3 Å². The first-order chi connectivity index (χ1) is 7.59. The molecule has 16 heavy (non-hydrogen) atoms. The highest BCUT2D eigenvalue weighted by Gasteiger charge is 2.02. The number of imidazole rings is 1. The van der Waals surface area contributed by atoms with E-state index >= 15 is 0 Å². The van der Waals surface area contributed by atoms with Crippen molar-refractivity contribution in [2.75, 3.05) is 20.1 Å². The smallest absolute Gasteiger partial charge is 0.105 e. The molecule has 1 unspecified atom stereocenters. The summed E-state index contributed by atoms with van der Waals surface area (Å²) in [5, 5.41) is 9.17. The largest absolute Gasteiger partial charge is 0.393 e. The van der Waals surface area contributed by atoms with Crippen molar-refractivity contribution in [3.8, 4) is 0 Å². The Kier molecular flexibility index (Phi) is 5.49. The molecule has 4 nitrogen and oxygen atoms in total. The number of nitrogens with zero attached hydrogens (tertiary/aromatic N) is 3. The van der Waals surface area contributed by atoms with Crippen LogP contribution in [0, 0.1) is 6.92 Å². The Balaban J connectivity index is 2.13. The van der Waals surface area contributed by atoms with Crippen molar-refractivity contribution in [1.82, 2.24) is 14.5 Å². The average molecular weight is 225 g/mol. The minimum atomic E-state index is -0.196. The first-order valence-electron chi connectivity index (χ1n) is 5.94. The molecule has 92 valence electrons. The molecule has 1 N–H and O–H groups in total. The predicted octanol–water partition coefficient (Wildman–Crippen LogP) is 1.28. The molecular weight excluding hydrogens is 202 g/mol. The summed E-state index contributed by atoms with van der Waals surface area (Å²) in [7, 11) is 2.10. The standard InChI is InChI=1S/C12H23N3O/c1-11(16)5-9-14(3)7-4-8-15-10-6-13-12(15)2/h6,10-11,16H,4-5,7-9H2,1-3H3. The first kappa shape index (κ1) is 13.2. The molecular formula is C12H23N3O. The van der Waals surface area contributed by atoms with Crippen molar-refractivity contribution in [3.05, 3.63) is 18.2 Å². The molecule has 0 spiro atoms. The molecule has 4 heteroatoms. The van der Waals surface area contributed by atoms with Gasteiger partial charge in [-0.05, 0) is 40.3 Å². The zero-order chi connectivity index (χ0) is 12.0. The second-order valence-electron chi connectivity index (χ2n) is 4.46. The van der Waals surface area contributed by atoms with Crippen molar-refractivity contribution >= 4 is 0 Å². The third-order valence-corrected chi connectivity index (χ3v) is 2.79. The van der Waals surface area contributed by atoms with E-state index in [0.29, 0.717) is 0 Å². The third kappa shape index (κ3) is 4.77. The van der Waals surface area contributed by atoms with Gasteiger partial charge >= 0.3 is 0 Å². The quantitative estimate of drug-likeness (QED) is 0.760. The highest BCUT2D eigenvalue weighted by Crippen LogP contribution is 1.99. The van der Waals surface area contributed by atoms with Crippen LogP contribution >= 0.6 is 0 Å². The molecule has 0 aliphatic heterocycles. The summed E-state index contributed by atoms with van der Waals surface area (Å²) in [5.41, 5.74) is 0. The molecule has 0 saturated heterocycles. The van der Waals surface area contributed by atoms with Gasteiger partial charge in [-0.2, -0.15) is 0 Å². The summed E-state index contributed by atoms with van der Waals surface area (Å²) in [6.07, 6.45) is 5.63. The number of aliphatic hydroxyl groups is 1. The Labute approximate surface area is 97.9 Å². The topological polar surface area (TPSA) is 41.3 Å². The monoisotopic (exact) mass is 225 g/mol. The maximum absolute atomic E-state index is 9.17. The van der Waals surface area contributed by atoms with E-state index in [2.05, 4.69) is 21.5 Å². The molecule has 0 aromatic carbocycles. The van der Waals surface area contributed by atoms with Crippen molar-refractivity contribution in [2.24, 2.45) is 0 Å². The molecule has 0 aliphatic rings. The zero-order valence-corrected chi connectivity index (χ0v) is 10.6. The van der Waals surface area contributed by atoms with Gasteiger partial charge in [-0.15, -0.1) is 0 Å². The van der Waals surface area contributed by atoms with E-state index < -0.39 is 0 Å². The van der Waals surface area contributed by atoms with E-state index in [1.165, 1.54) is 0 Å². The summed E-state index contributed by atoms with van der Waals surface area (Å²) >= 11 is 0. The normalized spacial score (nSPS) is 13.3. The molecule has 1 rings (SSSR count). The molecule has 1 heterocycles. The maximum Gasteiger partial charge on any atom is 0.105 e. The second kappa shape index (κ2) is 6.66. The van der Waals surface area contributed by atoms with Gasteiger partial charge in [0.1, 0.15) is 5.82 Å². The predicted molar refractivity (Wildman–Crippen MR) is 65.4 cm³/mol. The Hall–Kier alpha value is -0.870. The van der Waals surface area contributed by atoms with Crippen molar-refractivity contribution < 1.29 is 5.11 Å². The van der Waals surface area contributed by atoms with Gasteiger partial charge in [-0.3, -0.25) is 0 Å². The van der Waals surface area contributed by atoms with Crippen LogP contribution in [0.25, 0.3) is 0 Å². The van der Waals surface area contributed by atoms with Crippen LogP contribution in [0.5, 0.6) is 0 Å². The lowest BCUT2D eigenvalue weighted by atomic mass is 10.2. The molecule has 0 radical (unpaired) electrons.